The topological polar surface area (TPSA) is 58.6 Å². The highest BCUT2D eigenvalue weighted by atomic mass is 79.9. The van der Waals surface area contributed by atoms with E-state index in [1.807, 2.05) is 6.92 Å². The number of rotatable bonds is 2. The van der Waals surface area contributed by atoms with E-state index >= 15 is 0 Å². The molecule has 84 valence electrons. The first-order chi connectivity index (χ1) is 7.61. The van der Waals surface area contributed by atoms with Gasteiger partial charge in [0, 0.05) is 0 Å². The van der Waals surface area contributed by atoms with Gasteiger partial charge in [0.05, 0.1) is 11.9 Å². The average Bonchev–Trinajstić information content (AvgIpc) is 2.69. The van der Waals surface area contributed by atoms with Crippen LogP contribution in [0.25, 0.3) is 10.8 Å². The predicted molar refractivity (Wildman–Crippen MR) is 68.1 cm³/mol. The quantitative estimate of drug-likeness (QED) is 0.925. The normalized spacial score (nSPS) is 10.7. The Morgan fingerprint density at radius 3 is 2.94 bits per heavy atom. The maximum Gasteiger partial charge on any atom is 0.265 e. The fourth-order valence-corrected chi connectivity index (χ4v) is 2.53. The molecule has 16 heavy (non-hydrogen) atoms. The number of aryl methyl sites for hydroxylation is 1. The van der Waals surface area contributed by atoms with Crippen LogP contribution >= 0.6 is 38.9 Å². The van der Waals surface area contributed by atoms with Crippen molar-refractivity contribution < 1.29 is 0 Å². The van der Waals surface area contributed by atoms with Gasteiger partial charge in [0.1, 0.15) is 8.81 Å². The van der Waals surface area contributed by atoms with Gasteiger partial charge in [0.25, 0.3) is 5.56 Å². The Labute approximate surface area is 109 Å². The molecular weight excluding hydrogens is 314 g/mol. The van der Waals surface area contributed by atoms with Crippen LogP contribution in [0.2, 0.25) is 4.34 Å². The number of nitrogens with one attached hydrogen (secondary N) is 1. The van der Waals surface area contributed by atoms with Crippen LogP contribution in [0, 0.1) is 0 Å². The van der Waals surface area contributed by atoms with Crippen LogP contribution in [0.1, 0.15) is 12.6 Å². The molecule has 2 aromatic heterocycles. The van der Waals surface area contributed by atoms with Gasteiger partial charge in [-0.2, -0.15) is 0 Å². The molecule has 0 amide bonds. The highest BCUT2D eigenvalue weighted by Crippen LogP contribution is 2.25. The number of hydrogen-bond acceptors (Lipinski definition) is 4. The molecule has 1 N–H and O–H groups in total. The van der Waals surface area contributed by atoms with Crippen LogP contribution in [0.4, 0.5) is 0 Å². The Balaban J connectivity index is 2.59. The van der Waals surface area contributed by atoms with Gasteiger partial charge in [-0.3, -0.25) is 4.79 Å². The summed E-state index contributed by atoms with van der Waals surface area (Å²) in [4.78, 5) is 22.6. The number of hydrogen-bond donors (Lipinski definition) is 1. The second-order valence-corrected chi connectivity index (χ2v) is 5.45. The number of halogens is 2. The van der Waals surface area contributed by atoms with Crippen LogP contribution in [0.15, 0.2) is 15.5 Å². The lowest BCUT2D eigenvalue weighted by Crippen LogP contribution is -2.13. The molecule has 7 heteroatoms. The van der Waals surface area contributed by atoms with Gasteiger partial charge in [-0.15, -0.1) is 0 Å². The largest absolute Gasteiger partial charge is 0.304 e. The van der Waals surface area contributed by atoms with Crippen molar-refractivity contribution in [1.29, 1.82) is 0 Å². The highest BCUT2D eigenvalue weighted by molar-refractivity contribution is 9.10. The van der Waals surface area contributed by atoms with Crippen molar-refractivity contribution in [2.24, 2.45) is 0 Å². The van der Waals surface area contributed by atoms with Crippen molar-refractivity contribution in [3.05, 3.63) is 31.1 Å². The lowest BCUT2D eigenvalue weighted by molar-refractivity contribution is 0.968. The first-order valence-corrected chi connectivity index (χ1v) is 6.51. The van der Waals surface area contributed by atoms with Crippen molar-refractivity contribution in [3.8, 4) is 10.8 Å². The van der Waals surface area contributed by atoms with Gasteiger partial charge in [0.15, 0.2) is 10.8 Å². The second-order valence-electron chi connectivity index (χ2n) is 3.00. The van der Waals surface area contributed by atoms with Gasteiger partial charge in [0.2, 0.25) is 0 Å². The second kappa shape index (κ2) is 4.65. The molecular formula is C9H7BrClN3OS. The minimum Gasteiger partial charge on any atom is -0.304 e. The van der Waals surface area contributed by atoms with E-state index in [1.165, 1.54) is 17.5 Å². The summed E-state index contributed by atoms with van der Waals surface area (Å²) in [5.74, 6) is 0.460. The number of aromatic amines is 1. The fraction of sp³-hybridized carbons (Fsp3) is 0.222. The summed E-state index contributed by atoms with van der Waals surface area (Å²) in [6.07, 6.45) is 2.21. The maximum atomic E-state index is 11.6. The number of aromatic nitrogens is 3. The molecule has 2 heterocycles. The molecule has 0 unspecified atom stereocenters. The average molecular weight is 321 g/mol. The van der Waals surface area contributed by atoms with Gasteiger partial charge in [-0.25, -0.2) is 9.97 Å². The lowest BCUT2D eigenvalue weighted by Gasteiger charge is -2.01. The van der Waals surface area contributed by atoms with Gasteiger partial charge in [-0.05, 0) is 22.4 Å². The van der Waals surface area contributed by atoms with E-state index < -0.39 is 0 Å². The summed E-state index contributed by atoms with van der Waals surface area (Å²) in [5, 5.41) is 0.615. The Morgan fingerprint density at radius 1 is 1.62 bits per heavy atom. The van der Waals surface area contributed by atoms with Gasteiger partial charge < -0.3 is 4.98 Å². The zero-order chi connectivity index (χ0) is 11.7. The van der Waals surface area contributed by atoms with E-state index in [9.17, 15) is 4.79 Å². The SMILES string of the molecule is CCc1nc(-c2ncc(Cl)s2)[nH]c(=O)c1Br. The van der Waals surface area contributed by atoms with Gasteiger partial charge >= 0.3 is 0 Å². The van der Waals surface area contributed by atoms with Gasteiger partial charge in [-0.1, -0.05) is 29.9 Å². The minimum atomic E-state index is -0.201. The highest BCUT2D eigenvalue weighted by Gasteiger charge is 2.11. The van der Waals surface area contributed by atoms with Crippen LogP contribution in [0.5, 0.6) is 0 Å². The molecule has 4 nitrogen and oxygen atoms in total. The number of H-pyrrole nitrogens is 1. The summed E-state index contributed by atoms with van der Waals surface area (Å²) in [6, 6.07) is 0. The van der Waals surface area contributed by atoms with Crippen molar-refractivity contribution in [3.63, 3.8) is 0 Å². The standard InChI is InChI=1S/C9H7BrClN3OS/c1-2-4-6(10)8(15)14-7(13-4)9-12-3-5(11)16-9/h3H,2H2,1H3,(H,13,14,15). The van der Waals surface area contributed by atoms with Crippen molar-refractivity contribution in [2.45, 2.75) is 13.3 Å². The zero-order valence-electron chi connectivity index (χ0n) is 8.25. The van der Waals surface area contributed by atoms with Crippen LogP contribution in [-0.2, 0) is 6.42 Å². The van der Waals surface area contributed by atoms with Crippen LogP contribution in [-0.4, -0.2) is 15.0 Å². The summed E-state index contributed by atoms with van der Waals surface area (Å²) >= 11 is 10.3. The third-order valence-electron chi connectivity index (χ3n) is 1.95. The minimum absolute atomic E-state index is 0.201. The monoisotopic (exact) mass is 319 g/mol. The van der Waals surface area contributed by atoms with E-state index in [1.54, 1.807) is 0 Å². The van der Waals surface area contributed by atoms with E-state index in [4.69, 9.17) is 11.6 Å². The lowest BCUT2D eigenvalue weighted by atomic mass is 10.3. The predicted octanol–water partition coefficient (Wildman–Crippen LogP) is 2.87. The molecule has 0 saturated heterocycles. The summed E-state index contributed by atoms with van der Waals surface area (Å²) in [7, 11) is 0. The molecule has 0 aliphatic rings. The molecule has 0 aromatic carbocycles. The molecule has 2 aromatic rings. The fourth-order valence-electron chi connectivity index (χ4n) is 1.20. The Kier molecular flexibility index (Phi) is 3.41. The van der Waals surface area contributed by atoms with E-state index in [2.05, 4.69) is 30.9 Å². The molecule has 0 aliphatic carbocycles. The molecule has 0 atom stereocenters. The summed E-state index contributed by atoms with van der Waals surface area (Å²) in [6.45, 7) is 1.94. The molecule has 0 radical (unpaired) electrons. The van der Waals surface area contributed by atoms with E-state index in [-0.39, 0.29) is 5.56 Å². The van der Waals surface area contributed by atoms with Crippen molar-refractivity contribution in [2.75, 3.05) is 0 Å². The van der Waals surface area contributed by atoms with E-state index in [0.29, 0.717) is 31.8 Å². The summed E-state index contributed by atoms with van der Waals surface area (Å²) < 4.78 is 1.04. The Hall–Kier alpha value is -0.720. The Bertz CT molecular complexity index is 580. The zero-order valence-corrected chi connectivity index (χ0v) is 11.4. The third-order valence-corrected chi connectivity index (χ3v) is 3.89. The molecule has 0 saturated carbocycles. The third kappa shape index (κ3) is 2.18. The molecule has 0 bridgehead atoms. The smallest absolute Gasteiger partial charge is 0.265 e. The first-order valence-electron chi connectivity index (χ1n) is 4.52. The number of thiazole rings is 1. The van der Waals surface area contributed by atoms with Crippen molar-refractivity contribution >= 4 is 38.9 Å². The molecule has 2 rings (SSSR count). The number of nitrogens with zero attached hydrogens (tertiary/aromatic N) is 2. The van der Waals surface area contributed by atoms with Crippen molar-refractivity contribution in [1.82, 2.24) is 15.0 Å². The van der Waals surface area contributed by atoms with Crippen LogP contribution in [0.3, 0.4) is 0 Å². The maximum absolute atomic E-state index is 11.6. The summed E-state index contributed by atoms with van der Waals surface area (Å²) in [5.41, 5.74) is 0.512. The first kappa shape index (κ1) is 11.8. The van der Waals surface area contributed by atoms with E-state index in [0.717, 1.165) is 0 Å². The van der Waals surface area contributed by atoms with Crippen LogP contribution < -0.4 is 5.56 Å². The molecule has 0 fully saturated rings. The Morgan fingerprint density at radius 2 is 2.38 bits per heavy atom. The molecule has 0 spiro atoms. The molecule has 0 aliphatic heterocycles.